The number of amides is 2. The van der Waals surface area contributed by atoms with Gasteiger partial charge in [-0.05, 0) is 49.8 Å². The Morgan fingerprint density at radius 2 is 1.33 bits per heavy atom. The zero-order chi connectivity index (χ0) is 21.9. The number of methoxy groups -OCH3 is 1. The Morgan fingerprint density at radius 3 is 1.83 bits per heavy atom. The Kier molecular flexibility index (Phi) is 8.97. The molecule has 156 valence electrons. The summed E-state index contributed by atoms with van der Waals surface area (Å²) < 4.78 is 5.13. The highest BCUT2D eigenvalue weighted by atomic mass is 32.1. The molecule has 1 aliphatic rings. The van der Waals surface area contributed by atoms with Gasteiger partial charge >= 0.3 is 0 Å². The molecule has 0 aliphatic carbocycles. The molecule has 0 spiro atoms. The van der Waals surface area contributed by atoms with Crippen molar-refractivity contribution in [3.05, 3.63) is 84.0 Å². The highest BCUT2D eigenvalue weighted by molar-refractivity contribution is 7.80. The van der Waals surface area contributed by atoms with Crippen LogP contribution in [0.4, 0.5) is 0 Å². The van der Waals surface area contributed by atoms with Crippen LogP contribution in [-0.4, -0.2) is 46.9 Å². The van der Waals surface area contributed by atoms with Crippen LogP contribution in [0.25, 0.3) is 6.08 Å². The van der Waals surface area contributed by atoms with Crippen LogP contribution in [0.5, 0.6) is 5.75 Å². The van der Waals surface area contributed by atoms with Gasteiger partial charge in [0.1, 0.15) is 11.3 Å². The first-order valence-corrected chi connectivity index (χ1v) is 10.1. The summed E-state index contributed by atoms with van der Waals surface area (Å²) in [5.74, 6) is 0.125. The normalized spacial score (nSPS) is 15.6. The van der Waals surface area contributed by atoms with Crippen molar-refractivity contribution < 1.29 is 14.3 Å². The fraction of sp³-hybridized carbons (Fsp3) is 0.208. The van der Waals surface area contributed by atoms with Crippen molar-refractivity contribution in [1.82, 2.24) is 9.80 Å². The lowest BCUT2D eigenvalue weighted by atomic mass is 10.1. The second-order valence-corrected chi connectivity index (χ2v) is 6.61. The molecule has 1 saturated heterocycles. The van der Waals surface area contributed by atoms with Crippen LogP contribution in [0, 0.1) is 0 Å². The van der Waals surface area contributed by atoms with E-state index in [0.717, 1.165) is 11.3 Å². The van der Waals surface area contributed by atoms with E-state index in [9.17, 15) is 9.59 Å². The maximum Gasteiger partial charge on any atom is 0.265 e. The van der Waals surface area contributed by atoms with Gasteiger partial charge < -0.3 is 4.74 Å². The summed E-state index contributed by atoms with van der Waals surface area (Å²) >= 11 is 5.24. The van der Waals surface area contributed by atoms with E-state index in [-0.39, 0.29) is 22.5 Å². The largest absolute Gasteiger partial charge is 0.497 e. The number of benzene rings is 1. The molecule has 2 amide bonds. The summed E-state index contributed by atoms with van der Waals surface area (Å²) in [6.07, 6.45) is 16.4. The standard InChI is InChI=1S/C24H26N2O3S/c1-4-25-22(27)21(23(28)26(5-2)24(25)30)14-12-10-8-6-7-9-11-13-19-15-17-20(29-3)18-16-19/h6-18H,4-5H2,1-3H3/b8-6+,9-7+,12-10+,13-11+. The molecule has 1 aliphatic heterocycles. The lowest BCUT2D eigenvalue weighted by molar-refractivity contribution is -0.133. The highest BCUT2D eigenvalue weighted by Crippen LogP contribution is 2.17. The highest BCUT2D eigenvalue weighted by Gasteiger charge is 2.37. The van der Waals surface area contributed by atoms with E-state index >= 15 is 0 Å². The third-order valence-electron chi connectivity index (χ3n) is 4.38. The third-order valence-corrected chi connectivity index (χ3v) is 4.82. The average molecular weight is 423 g/mol. The van der Waals surface area contributed by atoms with Crippen LogP contribution in [-0.2, 0) is 9.59 Å². The molecular formula is C24H26N2O3S. The summed E-state index contributed by atoms with van der Waals surface area (Å²) in [6, 6.07) is 7.79. The molecule has 0 N–H and O–H groups in total. The molecule has 0 atom stereocenters. The van der Waals surface area contributed by atoms with Crippen molar-refractivity contribution in [3.63, 3.8) is 0 Å². The monoisotopic (exact) mass is 422 g/mol. The average Bonchev–Trinajstić information content (AvgIpc) is 2.75. The molecule has 0 radical (unpaired) electrons. The molecule has 2 rings (SSSR count). The van der Waals surface area contributed by atoms with E-state index in [1.54, 1.807) is 19.3 Å². The maximum atomic E-state index is 12.5. The number of ether oxygens (including phenoxy) is 1. The van der Waals surface area contributed by atoms with Crippen molar-refractivity contribution in [2.24, 2.45) is 0 Å². The van der Waals surface area contributed by atoms with Crippen LogP contribution in [0.1, 0.15) is 19.4 Å². The molecule has 0 bridgehead atoms. The van der Waals surface area contributed by atoms with E-state index in [1.165, 1.54) is 15.9 Å². The van der Waals surface area contributed by atoms with Crippen molar-refractivity contribution >= 4 is 35.2 Å². The first-order chi connectivity index (χ1) is 14.5. The minimum Gasteiger partial charge on any atom is -0.497 e. The molecule has 30 heavy (non-hydrogen) atoms. The predicted molar refractivity (Wildman–Crippen MR) is 125 cm³/mol. The number of likely N-dealkylation sites (N-methyl/N-ethyl adjacent to an activating group) is 2. The lowest BCUT2D eigenvalue weighted by Crippen LogP contribution is -2.55. The van der Waals surface area contributed by atoms with Crippen LogP contribution in [0.3, 0.4) is 0 Å². The minimum absolute atomic E-state index is 0.120. The Hall–Kier alpha value is -3.25. The van der Waals surface area contributed by atoms with Gasteiger partial charge in [0.05, 0.1) is 7.11 Å². The summed E-state index contributed by atoms with van der Waals surface area (Å²) in [5, 5.41) is 0.267. The fourth-order valence-corrected chi connectivity index (χ4v) is 3.18. The topological polar surface area (TPSA) is 49.9 Å². The summed E-state index contributed by atoms with van der Waals surface area (Å²) in [4.78, 5) is 27.8. The first kappa shape index (κ1) is 23.0. The Balaban J connectivity index is 1.94. The van der Waals surface area contributed by atoms with Crippen LogP contribution < -0.4 is 4.74 Å². The van der Waals surface area contributed by atoms with E-state index in [0.29, 0.717) is 13.1 Å². The Labute approximate surface area is 183 Å². The zero-order valence-corrected chi connectivity index (χ0v) is 18.3. The van der Waals surface area contributed by atoms with E-state index in [2.05, 4.69) is 0 Å². The van der Waals surface area contributed by atoms with E-state index in [4.69, 9.17) is 17.0 Å². The van der Waals surface area contributed by atoms with Crippen LogP contribution >= 0.6 is 12.2 Å². The van der Waals surface area contributed by atoms with Gasteiger partial charge in [0.2, 0.25) is 0 Å². The lowest BCUT2D eigenvalue weighted by Gasteiger charge is -2.35. The first-order valence-electron chi connectivity index (χ1n) is 9.73. The summed E-state index contributed by atoms with van der Waals surface area (Å²) in [5.41, 5.74) is 1.20. The Morgan fingerprint density at radius 1 is 0.833 bits per heavy atom. The summed E-state index contributed by atoms with van der Waals surface area (Å²) in [7, 11) is 1.64. The number of nitrogens with zero attached hydrogens (tertiary/aromatic N) is 2. The predicted octanol–water partition coefficient (Wildman–Crippen LogP) is 4.30. The number of thiocarbonyl (C=S) groups is 1. The van der Waals surface area contributed by atoms with Gasteiger partial charge in [0, 0.05) is 13.1 Å². The van der Waals surface area contributed by atoms with Crippen molar-refractivity contribution in [2.75, 3.05) is 20.2 Å². The summed E-state index contributed by atoms with van der Waals surface area (Å²) in [6.45, 7) is 4.52. The minimum atomic E-state index is -0.352. The molecular weight excluding hydrogens is 396 g/mol. The number of rotatable bonds is 8. The molecule has 1 heterocycles. The van der Waals surface area contributed by atoms with Crippen molar-refractivity contribution in [1.29, 1.82) is 0 Å². The molecule has 5 nitrogen and oxygen atoms in total. The van der Waals surface area contributed by atoms with Gasteiger partial charge in [-0.25, -0.2) is 0 Å². The van der Waals surface area contributed by atoms with Crippen molar-refractivity contribution in [3.8, 4) is 5.75 Å². The fourth-order valence-electron chi connectivity index (χ4n) is 2.76. The van der Waals surface area contributed by atoms with Crippen LogP contribution in [0.2, 0.25) is 0 Å². The SMILES string of the molecule is CCN1C(=O)C(=C/C=C/C=C/C=C/C=C/c2ccc(OC)cc2)C(=O)N(CC)C1=S. The molecule has 6 heteroatoms. The van der Waals surface area contributed by atoms with Gasteiger partial charge in [-0.15, -0.1) is 0 Å². The smallest absolute Gasteiger partial charge is 0.265 e. The number of carbonyl (C=O) groups excluding carboxylic acids is 2. The zero-order valence-electron chi connectivity index (χ0n) is 17.4. The number of hydrogen-bond acceptors (Lipinski definition) is 4. The Bertz CT molecular complexity index is 896. The van der Waals surface area contributed by atoms with Gasteiger partial charge in [-0.3, -0.25) is 19.4 Å². The van der Waals surface area contributed by atoms with Crippen molar-refractivity contribution in [2.45, 2.75) is 13.8 Å². The number of carbonyl (C=O) groups is 2. The molecule has 1 fully saturated rings. The molecule has 0 saturated carbocycles. The van der Waals surface area contributed by atoms with Gasteiger partial charge in [0.25, 0.3) is 11.8 Å². The second-order valence-electron chi connectivity index (χ2n) is 6.25. The third kappa shape index (κ3) is 5.87. The van der Waals surface area contributed by atoms with Gasteiger partial charge in [-0.1, -0.05) is 60.7 Å². The van der Waals surface area contributed by atoms with Gasteiger partial charge in [0.15, 0.2) is 5.11 Å². The molecule has 1 aromatic carbocycles. The second kappa shape index (κ2) is 11.7. The number of allylic oxidation sites excluding steroid dienone is 8. The van der Waals surface area contributed by atoms with Crippen LogP contribution in [0.15, 0.2) is 78.4 Å². The molecule has 0 unspecified atom stereocenters. The number of hydrogen-bond donors (Lipinski definition) is 0. The molecule has 0 aromatic heterocycles. The quantitative estimate of drug-likeness (QED) is 0.271. The van der Waals surface area contributed by atoms with Gasteiger partial charge in [-0.2, -0.15) is 0 Å². The van der Waals surface area contributed by atoms with E-state index in [1.807, 2.05) is 74.6 Å². The maximum absolute atomic E-state index is 12.5. The van der Waals surface area contributed by atoms with E-state index < -0.39 is 0 Å². The molecule has 1 aromatic rings.